The number of para-hydroxylation sites is 1. The maximum Gasteiger partial charge on any atom is 0.250 e. The smallest absolute Gasteiger partial charge is 0.250 e. The Morgan fingerprint density at radius 3 is 2.17 bits per heavy atom. The van der Waals surface area contributed by atoms with Gasteiger partial charge in [0, 0.05) is 55.4 Å². The number of rotatable bonds is 7. The molecule has 0 spiro atoms. The van der Waals surface area contributed by atoms with Crippen LogP contribution in [0.15, 0.2) is 59.8 Å². The lowest BCUT2D eigenvalue weighted by Gasteiger charge is -2.20. The molecule has 2 aromatic carbocycles. The fourth-order valence-electron chi connectivity index (χ4n) is 5.16. The Labute approximate surface area is 211 Å². The zero-order valence-electron chi connectivity index (χ0n) is 20.8. The highest BCUT2D eigenvalue weighted by atomic mass is 15.4. The van der Waals surface area contributed by atoms with Gasteiger partial charge in [-0.05, 0) is 49.8 Å². The van der Waals surface area contributed by atoms with Crippen molar-refractivity contribution >= 4 is 35.0 Å². The van der Waals surface area contributed by atoms with Gasteiger partial charge in [0.25, 0.3) is 0 Å². The third-order valence-electron chi connectivity index (χ3n) is 7.18. The summed E-state index contributed by atoms with van der Waals surface area (Å²) >= 11 is 0. The molecule has 8 nitrogen and oxygen atoms in total. The molecule has 4 aromatic rings. The van der Waals surface area contributed by atoms with Gasteiger partial charge < -0.3 is 14.4 Å². The van der Waals surface area contributed by atoms with Gasteiger partial charge in [-0.25, -0.2) is 5.43 Å². The summed E-state index contributed by atoms with van der Waals surface area (Å²) in [6.07, 6.45) is 8.75. The monoisotopic (exact) mass is 480 g/mol. The summed E-state index contributed by atoms with van der Waals surface area (Å²) in [6.45, 7) is 6.95. The normalized spacial score (nSPS) is 16.0. The van der Waals surface area contributed by atoms with Crippen LogP contribution in [0.25, 0.3) is 10.9 Å². The van der Waals surface area contributed by atoms with Gasteiger partial charge in [0.05, 0.1) is 6.21 Å². The van der Waals surface area contributed by atoms with Crippen molar-refractivity contribution in [2.24, 2.45) is 5.10 Å². The molecule has 2 aliphatic rings. The van der Waals surface area contributed by atoms with Crippen molar-refractivity contribution in [1.82, 2.24) is 19.5 Å². The number of fused-ring (bicyclic) bond motifs is 1. The average Bonchev–Trinajstić information content (AvgIpc) is 3.68. The topological polar surface area (TPSA) is 74.5 Å². The lowest BCUT2D eigenvalue weighted by Crippen LogP contribution is -2.25. The van der Waals surface area contributed by atoms with E-state index in [-0.39, 0.29) is 0 Å². The van der Waals surface area contributed by atoms with Gasteiger partial charge in [-0.3, -0.25) is 0 Å². The van der Waals surface area contributed by atoms with Crippen molar-refractivity contribution in [3.63, 3.8) is 0 Å². The minimum absolute atomic E-state index is 0.494. The number of aryl methyl sites for hydroxylation is 1. The van der Waals surface area contributed by atoms with Crippen LogP contribution in [0.3, 0.4) is 0 Å². The standard InChI is InChI=1S/C28H32N8/c1-21-10-2-3-11-22(21)19-36-20-23(24-12-4-5-13-25(24)36)18-29-33-26-30-27(34-14-6-7-15-34)32-28(31-26)35-16-8-9-17-35/h2-5,10-13,18,20H,6-9,14-17,19H2,1H3,(H,30,31,32,33)/b29-18+. The summed E-state index contributed by atoms with van der Waals surface area (Å²) in [6, 6.07) is 17.0. The molecule has 0 aliphatic carbocycles. The predicted octanol–water partition coefficient (Wildman–Crippen LogP) is 4.83. The Bertz CT molecular complexity index is 1350. The number of benzene rings is 2. The molecule has 2 aromatic heterocycles. The lowest BCUT2D eigenvalue weighted by molar-refractivity contribution is 0.830. The van der Waals surface area contributed by atoms with E-state index >= 15 is 0 Å². The summed E-state index contributed by atoms with van der Waals surface area (Å²) in [4.78, 5) is 18.7. The van der Waals surface area contributed by atoms with E-state index in [1.54, 1.807) is 0 Å². The van der Waals surface area contributed by atoms with Gasteiger partial charge in [0.2, 0.25) is 17.8 Å². The van der Waals surface area contributed by atoms with E-state index in [1.165, 1.54) is 47.7 Å². The van der Waals surface area contributed by atoms with Crippen molar-refractivity contribution in [2.45, 2.75) is 39.2 Å². The molecule has 2 saturated heterocycles. The van der Waals surface area contributed by atoms with Gasteiger partial charge in [-0.1, -0.05) is 42.5 Å². The van der Waals surface area contributed by atoms with Gasteiger partial charge in [-0.2, -0.15) is 20.1 Å². The highest BCUT2D eigenvalue weighted by Gasteiger charge is 2.21. The van der Waals surface area contributed by atoms with Crippen LogP contribution in [0.4, 0.5) is 17.8 Å². The van der Waals surface area contributed by atoms with Gasteiger partial charge >= 0.3 is 0 Å². The fourth-order valence-corrected chi connectivity index (χ4v) is 5.16. The molecule has 2 fully saturated rings. The van der Waals surface area contributed by atoms with Gasteiger partial charge in [0.1, 0.15) is 0 Å². The Morgan fingerprint density at radius 2 is 1.47 bits per heavy atom. The molecule has 2 aliphatic heterocycles. The molecular weight excluding hydrogens is 448 g/mol. The van der Waals surface area contributed by atoms with E-state index in [1.807, 2.05) is 6.21 Å². The third kappa shape index (κ3) is 4.63. The molecule has 0 bridgehead atoms. The van der Waals surface area contributed by atoms with Crippen LogP contribution >= 0.6 is 0 Å². The molecule has 0 radical (unpaired) electrons. The Hall–Kier alpha value is -3.94. The molecule has 1 N–H and O–H groups in total. The van der Waals surface area contributed by atoms with Crippen LogP contribution in [0.1, 0.15) is 42.4 Å². The quantitative estimate of drug-likeness (QED) is 0.302. The number of hydrogen-bond acceptors (Lipinski definition) is 7. The third-order valence-corrected chi connectivity index (χ3v) is 7.18. The first-order valence-electron chi connectivity index (χ1n) is 12.9. The molecule has 36 heavy (non-hydrogen) atoms. The molecule has 0 atom stereocenters. The minimum atomic E-state index is 0.494. The number of nitrogens with zero attached hydrogens (tertiary/aromatic N) is 7. The van der Waals surface area contributed by atoms with Crippen molar-refractivity contribution in [2.75, 3.05) is 41.4 Å². The molecule has 8 heteroatoms. The van der Waals surface area contributed by atoms with Crippen LogP contribution in [-0.4, -0.2) is 51.9 Å². The summed E-state index contributed by atoms with van der Waals surface area (Å²) in [5, 5.41) is 5.73. The number of aromatic nitrogens is 4. The minimum Gasteiger partial charge on any atom is -0.342 e. The summed E-state index contributed by atoms with van der Waals surface area (Å²) < 4.78 is 2.29. The van der Waals surface area contributed by atoms with Crippen molar-refractivity contribution < 1.29 is 0 Å². The van der Waals surface area contributed by atoms with E-state index in [0.29, 0.717) is 5.95 Å². The van der Waals surface area contributed by atoms with Crippen LogP contribution in [-0.2, 0) is 6.54 Å². The van der Waals surface area contributed by atoms with E-state index < -0.39 is 0 Å². The number of nitrogens with one attached hydrogen (secondary N) is 1. The second kappa shape index (κ2) is 9.97. The average molecular weight is 481 g/mol. The first-order valence-corrected chi connectivity index (χ1v) is 12.9. The summed E-state index contributed by atoms with van der Waals surface area (Å²) in [5.41, 5.74) is 7.95. The number of hydrogen-bond donors (Lipinski definition) is 1. The highest BCUT2D eigenvalue weighted by Crippen LogP contribution is 2.24. The van der Waals surface area contributed by atoms with E-state index in [4.69, 9.17) is 15.0 Å². The van der Waals surface area contributed by atoms with Crippen molar-refractivity contribution in [3.05, 3.63) is 71.4 Å². The molecule has 4 heterocycles. The van der Waals surface area contributed by atoms with Crippen LogP contribution in [0.5, 0.6) is 0 Å². The largest absolute Gasteiger partial charge is 0.342 e. The van der Waals surface area contributed by atoms with E-state index in [9.17, 15) is 0 Å². The SMILES string of the molecule is Cc1ccccc1Cn1cc(/C=N/Nc2nc(N3CCCC3)nc(N3CCCC3)n2)c2ccccc21. The van der Waals surface area contributed by atoms with Gasteiger partial charge in [-0.15, -0.1) is 0 Å². The first-order chi connectivity index (χ1) is 17.7. The van der Waals surface area contributed by atoms with Gasteiger partial charge in [0.15, 0.2) is 0 Å². The second-order valence-electron chi connectivity index (χ2n) is 9.67. The summed E-state index contributed by atoms with van der Waals surface area (Å²) in [7, 11) is 0. The lowest BCUT2D eigenvalue weighted by atomic mass is 10.1. The maximum atomic E-state index is 4.79. The van der Waals surface area contributed by atoms with Crippen LogP contribution in [0.2, 0.25) is 0 Å². The Morgan fingerprint density at radius 1 is 0.833 bits per heavy atom. The summed E-state index contributed by atoms with van der Waals surface area (Å²) in [5.74, 6) is 1.99. The highest BCUT2D eigenvalue weighted by molar-refractivity contribution is 5.99. The molecule has 0 unspecified atom stereocenters. The molecule has 0 saturated carbocycles. The number of anilines is 3. The zero-order chi connectivity index (χ0) is 24.3. The van der Waals surface area contributed by atoms with E-state index in [0.717, 1.165) is 50.2 Å². The molecule has 184 valence electrons. The first kappa shape index (κ1) is 22.5. The fraction of sp³-hybridized carbons (Fsp3) is 0.357. The molecule has 0 amide bonds. The molecule has 6 rings (SSSR count). The van der Waals surface area contributed by atoms with E-state index in [2.05, 4.69) is 86.5 Å². The molecular formula is C28H32N8. The number of hydrazone groups is 1. The van der Waals surface area contributed by atoms with Crippen LogP contribution in [0, 0.1) is 6.92 Å². The predicted molar refractivity (Wildman–Crippen MR) is 146 cm³/mol. The van der Waals surface area contributed by atoms with Crippen LogP contribution < -0.4 is 15.2 Å². The zero-order valence-corrected chi connectivity index (χ0v) is 20.8. The Kier molecular flexibility index (Phi) is 6.24. The van der Waals surface area contributed by atoms with Crippen molar-refractivity contribution in [1.29, 1.82) is 0 Å². The Balaban J connectivity index is 1.27. The maximum absolute atomic E-state index is 4.79. The second-order valence-corrected chi connectivity index (χ2v) is 9.67. The van der Waals surface area contributed by atoms with Crippen molar-refractivity contribution in [3.8, 4) is 0 Å².